The summed E-state index contributed by atoms with van der Waals surface area (Å²) in [7, 11) is 1.65. The molecule has 20 heavy (non-hydrogen) atoms. The Kier molecular flexibility index (Phi) is 5.06. The summed E-state index contributed by atoms with van der Waals surface area (Å²) < 4.78 is 0. The highest BCUT2D eigenvalue weighted by molar-refractivity contribution is 6.06. The smallest absolute Gasteiger partial charge is 0.236 e. The summed E-state index contributed by atoms with van der Waals surface area (Å²) in [5.74, 6) is 0.944. The summed E-state index contributed by atoms with van der Waals surface area (Å²) in [6, 6.07) is 0. The van der Waals surface area contributed by atoms with Crippen molar-refractivity contribution in [2.75, 3.05) is 7.05 Å². The zero-order chi connectivity index (χ0) is 15.3. The zero-order valence-corrected chi connectivity index (χ0v) is 12.3. The molecule has 0 unspecified atom stereocenters. The van der Waals surface area contributed by atoms with Crippen molar-refractivity contribution < 1.29 is 10.0 Å². The van der Waals surface area contributed by atoms with Gasteiger partial charge in [-0.1, -0.05) is 19.0 Å². The number of aromatic nitrogens is 3. The van der Waals surface area contributed by atoms with Crippen LogP contribution in [0.15, 0.2) is 5.16 Å². The number of nitrogens with zero attached hydrogens (tertiary/aromatic N) is 4. The van der Waals surface area contributed by atoms with Crippen LogP contribution in [0, 0.1) is 12.3 Å². The van der Waals surface area contributed by atoms with Crippen LogP contribution in [0.2, 0.25) is 0 Å². The van der Waals surface area contributed by atoms with E-state index in [0.717, 1.165) is 0 Å². The second-order valence-electron chi connectivity index (χ2n) is 4.77. The number of nitrogens with two attached hydrogens (primary N) is 1. The van der Waals surface area contributed by atoms with Crippen molar-refractivity contribution in [1.29, 1.82) is 0 Å². The number of hydrogen-bond donors (Lipinski definition) is 3. The van der Waals surface area contributed by atoms with E-state index in [2.05, 4.69) is 20.3 Å². The highest BCUT2D eigenvalue weighted by atomic mass is 16.4. The van der Waals surface area contributed by atoms with Gasteiger partial charge in [0.15, 0.2) is 11.7 Å². The monoisotopic (exact) mass is 282 g/mol. The van der Waals surface area contributed by atoms with E-state index in [1.807, 2.05) is 13.8 Å². The molecule has 0 aromatic carbocycles. The Hall–Kier alpha value is -2.12. The second-order valence-corrected chi connectivity index (χ2v) is 4.77. The van der Waals surface area contributed by atoms with Crippen LogP contribution < -0.4 is 5.73 Å². The summed E-state index contributed by atoms with van der Waals surface area (Å²) >= 11 is 0. The molecule has 0 saturated heterocycles. The number of nitrogens with one attached hydrogen (secondary N) is 1. The number of oxime groups is 1. The fourth-order valence-corrected chi connectivity index (χ4v) is 2.23. The molecule has 0 bridgehead atoms. The maximum atomic E-state index is 12.6. The average molecular weight is 282 g/mol. The van der Waals surface area contributed by atoms with E-state index in [0.29, 0.717) is 24.5 Å². The van der Waals surface area contributed by atoms with E-state index in [9.17, 15) is 4.79 Å². The van der Waals surface area contributed by atoms with E-state index >= 15 is 0 Å². The molecule has 1 aromatic rings. The Morgan fingerprint density at radius 1 is 1.50 bits per heavy atom. The van der Waals surface area contributed by atoms with Crippen LogP contribution >= 0.6 is 0 Å². The highest BCUT2D eigenvalue weighted by Crippen LogP contribution is 2.29. The molecule has 112 valence electrons. The van der Waals surface area contributed by atoms with Gasteiger partial charge < -0.3 is 15.8 Å². The lowest BCUT2D eigenvalue weighted by molar-refractivity contribution is -0.138. The first-order valence-electron chi connectivity index (χ1n) is 6.52. The van der Waals surface area contributed by atoms with Crippen molar-refractivity contribution in [1.82, 2.24) is 20.1 Å². The van der Waals surface area contributed by atoms with E-state index < -0.39 is 5.41 Å². The number of H-pyrrole nitrogens is 1. The SMILES string of the molecule is CCC(CC)(C(=O)N(C)Cc1n[nH]c(C)n1)C(N)=NO. The van der Waals surface area contributed by atoms with Crippen molar-refractivity contribution in [3.63, 3.8) is 0 Å². The van der Waals surface area contributed by atoms with Gasteiger partial charge in [-0.05, 0) is 19.8 Å². The van der Waals surface area contributed by atoms with Crippen molar-refractivity contribution in [3.8, 4) is 0 Å². The van der Waals surface area contributed by atoms with E-state index in [1.54, 1.807) is 14.0 Å². The van der Waals surface area contributed by atoms with Crippen LogP contribution in [0.4, 0.5) is 0 Å². The summed E-state index contributed by atoms with van der Waals surface area (Å²) in [6.45, 7) is 5.73. The Morgan fingerprint density at radius 2 is 2.10 bits per heavy atom. The molecule has 8 nitrogen and oxygen atoms in total. The van der Waals surface area contributed by atoms with Crippen LogP contribution in [-0.2, 0) is 11.3 Å². The maximum Gasteiger partial charge on any atom is 0.236 e. The molecule has 8 heteroatoms. The van der Waals surface area contributed by atoms with Crippen LogP contribution in [0.5, 0.6) is 0 Å². The minimum Gasteiger partial charge on any atom is -0.409 e. The molecule has 0 radical (unpaired) electrons. The number of hydrogen-bond acceptors (Lipinski definition) is 5. The quantitative estimate of drug-likeness (QED) is 0.306. The second kappa shape index (κ2) is 6.36. The molecule has 1 amide bonds. The van der Waals surface area contributed by atoms with E-state index in [4.69, 9.17) is 10.9 Å². The van der Waals surface area contributed by atoms with Gasteiger partial charge in [-0.25, -0.2) is 4.98 Å². The molecular weight excluding hydrogens is 260 g/mol. The van der Waals surface area contributed by atoms with Gasteiger partial charge in [0, 0.05) is 7.05 Å². The first-order chi connectivity index (χ1) is 9.41. The zero-order valence-electron chi connectivity index (χ0n) is 12.3. The van der Waals surface area contributed by atoms with Crippen molar-refractivity contribution in [2.24, 2.45) is 16.3 Å². The molecule has 0 aliphatic carbocycles. The Labute approximate surface area is 118 Å². The third-order valence-electron chi connectivity index (χ3n) is 3.58. The number of aromatic amines is 1. The molecular formula is C12H22N6O2. The van der Waals surface area contributed by atoms with Crippen LogP contribution in [0.25, 0.3) is 0 Å². The Morgan fingerprint density at radius 3 is 2.50 bits per heavy atom. The Balaban J connectivity index is 2.95. The predicted octanol–water partition coefficient (Wildman–Crippen LogP) is 0.624. The number of amidine groups is 1. The van der Waals surface area contributed by atoms with Gasteiger partial charge in [-0.2, -0.15) is 5.10 Å². The van der Waals surface area contributed by atoms with E-state index in [1.165, 1.54) is 4.90 Å². The molecule has 0 aliphatic rings. The van der Waals surface area contributed by atoms with Crippen molar-refractivity contribution in [3.05, 3.63) is 11.6 Å². The van der Waals surface area contributed by atoms with Gasteiger partial charge in [0.05, 0.1) is 6.54 Å². The molecule has 0 spiro atoms. The van der Waals surface area contributed by atoms with Gasteiger partial charge in [0.1, 0.15) is 11.2 Å². The van der Waals surface area contributed by atoms with Gasteiger partial charge in [-0.3, -0.25) is 9.89 Å². The van der Waals surface area contributed by atoms with Gasteiger partial charge >= 0.3 is 0 Å². The standard InChI is InChI=1S/C12H22N6O2/c1-5-12(6-2,10(13)17-20)11(19)18(4)7-9-14-8(3)15-16-9/h20H,5-7H2,1-4H3,(H2,13,17)(H,14,15,16). The number of carbonyl (C=O) groups excluding carboxylic acids is 1. The van der Waals surface area contributed by atoms with Crippen LogP contribution in [0.1, 0.15) is 38.3 Å². The van der Waals surface area contributed by atoms with Crippen molar-refractivity contribution in [2.45, 2.75) is 40.2 Å². The Bertz CT molecular complexity index is 492. The highest BCUT2D eigenvalue weighted by Gasteiger charge is 2.41. The van der Waals surface area contributed by atoms with Crippen LogP contribution in [0.3, 0.4) is 0 Å². The third-order valence-corrected chi connectivity index (χ3v) is 3.58. The maximum absolute atomic E-state index is 12.6. The fraction of sp³-hybridized carbons (Fsp3) is 0.667. The van der Waals surface area contributed by atoms with Crippen LogP contribution in [-0.4, -0.2) is 44.1 Å². The van der Waals surface area contributed by atoms with E-state index in [-0.39, 0.29) is 18.3 Å². The lowest BCUT2D eigenvalue weighted by Crippen LogP contribution is -2.49. The molecule has 0 atom stereocenters. The largest absolute Gasteiger partial charge is 0.409 e. The summed E-state index contributed by atoms with van der Waals surface area (Å²) in [5.41, 5.74) is 4.73. The van der Waals surface area contributed by atoms with Gasteiger partial charge in [0.25, 0.3) is 0 Å². The molecule has 1 rings (SSSR count). The topological polar surface area (TPSA) is 120 Å². The normalized spacial score (nSPS) is 12.5. The number of carbonyl (C=O) groups is 1. The molecule has 1 aromatic heterocycles. The molecule has 4 N–H and O–H groups in total. The summed E-state index contributed by atoms with van der Waals surface area (Å²) in [6.07, 6.45) is 0.908. The summed E-state index contributed by atoms with van der Waals surface area (Å²) in [5, 5.41) is 18.7. The fourth-order valence-electron chi connectivity index (χ4n) is 2.23. The lowest BCUT2D eigenvalue weighted by atomic mass is 9.79. The minimum atomic E-state index is -0.991. The first-order valence-corrected chi connectivity index (χ1v) is 6.52. The minimum absolute atomic E-state index is 0.0643. The van der Waals surface area contributed by atoms with Gasteiger partial charge in [0.2, 0.25) is 5.91 Å². The first kappa shape index (κ1) is 15.9. The average Bonchev–Trinajstić information content (AvgIpc) is 2.85. The number of rotatable bonds is 6. The summed E-state index contributed by atoms with van der Waals surface area (Å²) in [4.78, 5) is 18.3. The molecule has 0 saturated carbocycles. The number of aryl methyl sites for hydroxylation is 1. The molecule has 0 fully saturated rings. The number of amides is 1. The van der Waals surface area contributed by atoms with Crippen molar-refractivity contribution >= 4 is 11.7 Å². The molecule has 1 heterocycles. The van der Waals surface area contributed by atoms with Gasteiger partial charge in [-0.15, -0.1) is 0 Å². The lowest BCUT2D eigenvalue weighted by Gasteiger charge is -2.32. The third kappa shape index (κ3) is 2.89. The predicted molar refractivity (Wildman–Crippen MR) is 74.0 cm³/mol. The molecule has 0 aliphatic heterocycles.